The van der Waals surface area contributed by atoms with Crippen LogP contribution in [0.2, 0.25) is 0 Å². The lowest BCUT2D eigenvalue weighted by Gasteiger charge is -2.22. The molecule has 25 heavy (non-hydrogen) atoms. The number of ether oxygens (including phenoxy) is 2. The molecule has 0 spiro atoms. The van der Waals surface area contributed by atoms with Gasteiger partial charge in [-0.2, -0.15) is 4.72 Å². The van der Waals surface area contributed by atoms with Gasteiger partial charge in [-0.1, -0.05) is 20.3 Å². The number of carboxylic acids is 1. The van der Waals surface area contributed by atoms with Gasteiger partial charge in [-0.3, -0.25) is 14.9 Å². The number of carbonyl (C=O) groups is 1. The molecule has 10 nitrogen and oxygen atoms in total. The minimum Gasteiger partial charge on any atom is -0.486 e. The molecule has 0 saturated heterocycles. The van der Waals surface area contributed by atoms with E-state index < -0.39 is 43.5 Å². The fourth-order valence-electron chi connectivity index (χ4n) is 2.29. The molecule has 1 aromatic rings. The third kappa shape index (κ3) is 3.99. The van der Waals surface area contributed by atoms with Gasteiger partial charge in [0.25, 0.3) is 5.69 Å². The fourth-order valence-corrected chi connectivity index (χ4v) is 3.76. The summed E-state index contributed by atoms with van der Waals surface area (Å²) in [5.41, 5.74) is -0.718. The Bertz CT molecular complexity index is 792. The second-order valence-electron chi connectivity index (χ2n) is 5.54. The van der Waals surface area contributed by atoms with Crippen LogP contribution in [0.15, 0.2) is 17.0 Å². The maximum Gasteiger partial charge on any atom is 0.322 e. The van der Waals surface area contributed by atoms with Gasteiger partial charge in [-0.05, 0) is 5.92 Å². The van der Waals surface area contributed by atoms with Crippen molar-refractivity contribution in [1.29, 1.82) is 0 Å². The van der Waals surface area contributed by atoms with Crippen LogP contribution in [-0.2, 0) is 14.8 Å². The molecule has 0 bridgehead atoms. The SMILES string of the molecule is CC[C@H](C)[C@H](NS(=O)(=O)c1cc2c(cc1[N+](=O)[O-])OCCO2)C(=O)O. The van der Waals surface area contributed by atoms with Crippen LogP contribution in [0, 0.1) is 16.0 Å². The van der Waals surface area contributed by atoms with E-state index in [0.29, 0.717) is 6.42 Å². The van der Waals surface area contributed by atoms with Crippen molar-refractivity contribution in [2.24, 2.45) is 5.92 Å². The van der Waals surface area contributed by atoms with E-state index in [9.17, 15) is 28.4 Å². The molecule has 0 unspecified atom stereocenters. The van der Waals surface area contributed by atoms with E-state index in [0.717, 1.165) is 12.1 Å². The molecule has 1 heterocycles. The highest BCUT2D eigenvalue weighted by molar-refractivity contribution is 7.89. The number of rotatable bonds is 7. The van der Waals surface area contributed by atoms with Gasteiger partial charge in [0.15, 0.2) is 16.4 Å². The van der Waals surface area contributed by atoms with Crippen LogP contribution in [0.3, 0.4) is 0 Å². The Hall–Kier alpha value is -2.40. The largest absolute Gasteiger partial charge is 0.486 e. The van der Waals surface area contributed by atoms with Gasteiger partial charge in [0.05, 0.1) is 11.0 Å². The first-order chi connectivity index (χ1) is 11.7. The first-order valence-corrected chi connectivity index (χ1v) is 8.98. The standard InChI is InChI=1S/C14H18N2O8S/c1-3-8(2)13(14(17)18)15-25(21,22)12-7-11-10(23-4-5-24-11)6-9(12)16(19)20/h6-8,13,15H,3-5H2,1-2H3,(H,17,18)/t8-,13-/m0/s1. The predicted octanol–water partition coefficient (Wildman–Crippen LogP) is 1.14. The summed E-state index contributed by atoms with van der Waals surface area (Å²) in [5, 5.41) is 20.5. The van der Waals surface area contributed by atoms with Gasteiger partial charge < -0.3 is 14.6 Å². The third-order valence-electron chi connectivity index (χ3n) is 3.87. The predicted molar refractivity (Wildman–Crippen MR) is 85.3 cm³/mol. The molecule has 0 saturated carbocycles. The summed E-state index contributed by atoms with van der Waals surface area (Å²) in [6.45, 7) is 3.63. The van der Waals surface area contributed by atoms with Gasteiger partial charge in [0.1, 0.15) is 19.3 Å². The summed E-state index contributed by atoms with van der Waals surface area (Å²) in [7, 11) is -4.48. The first kappa shape index (κ1) is 18.9. The number of benzene rings is 1. The molecule has 2 atom stereocenters. The lowest BCUT2D eigenvalue weighted by atomic mass is 10.0. The number of aliphatic carboxylic acids is 1. The Labute approximate surface area is 143 Å². The van der Waals surface area contributed by atoms with Crippen molar-refractivity contribution in [2.75, 3.05) is 13.2 Å². The fraction of sp³-hybridized carbons (Fsp3) is 0.500. The van der Waals surface area contributed by atoms with Crippen LogP contribution in [0.1, 0.15) is 20.3 Å². The summed E-state index contributed by atoms with van der Waals surface area (Å²) in [6.07, 6.45) is 0.405. The van der Waals surface area contributed by atoms with Crippen molar-refractivity contribution >= 4 is 21.7 Å². The molecule has 0 radical (unpaired) electrons. The zero-order valence-corrected chi connectivity index (χ0v) is 14.4. The molecule has 1 aliphatic heterocycles. The highest BCUT2D eigenvalue weighted by Gasteiger charge is 2.35. The van der Waals surface area contributed by atoms with Crippen LogP contribution in [0.25, 0.3) is 0 Å². The Balaban J connectivity index is 2.50. The van der Waals surface area contributed by atoms with E-state index in [1.807, 2.05) is 4.72 Å². The van der Waals surface area contributed by atoms with Gasteiger partial charge in [-0.15, -0.1) is 0 Å². The zero-order valence-electron chi connectivity index (χ0n) is 13.6. The molecule has 0 amide bonds. The maximum absolute atomic E-state index is 12.6. The number of nitrogens with zero attached hydrogens (tertiary/aromatic N) is 1. The summed E-state index contributed by atoms with van der Waals surface area (Å²) in [6, 6.07) is 0.523. The number of nitrogens with one attached hydrogen (secondary N) is 1. The number of nitro groups is 1. The molecular formula is C14H18N2O8S. The molecule has 2 rings (SSSR count). The van der Waals surface area contributed by atoms with E-state index in [2.05, 4.69) is 0 Å². The van der Waals surface area contributed by atoms with Crippen LogP contribution in [0.5, 0.6) is 11.5 Å². The van der Waals surface area contributed by atoms with E-state index >= 15 is 0 Å². The molecule has 1 aromatic carbocycles. The normalized spacial score (nSPS) is 16.1. The average Bonchev–Trinajstić information content (AvgIpc) is 2.57. The van der Waals surface area contributed by atoms with Gasteiger partial charge in [-0.25, -0.2) is 8.42 Å². The smallest absolute Gasteiger partial charge is 0.322 e. The second-order valence-corrected chi connectivity index (χ2v) is 7.23. The van der Waals surface area contributed by atoms with Crippen LogP contribution < -0.4 is 14.2 Å². The second kappa shape index (κ2) is 7.23. The third-order valence-corrected chi connectivity index (χ3v) is 5.34. The molecular weight excluding hydrogens is 356 g/mol. The monoisotopic (exact) mass is 374 g/mol. The van der Waals surface area contributed by atoms with Gasteiger partial charge >= 0.3 is 5.97 Å². The van der Waals surface area contributed by atoms with E-state index in [-0.39, 0.29) is 24.7 Å². The van der Waals surface area contributed by atoms with E-state index in [1.54, 1.807) is 13.8 Å². The van der Waals surface area contributed by atoms with Crippen molar-refractivity contribution in [1.82, 2.24) is 4.72 Å². The number of hydrogen-bond acceptors (Lipinski definition) is 7. The first-order valence-electron chi connectivity index (χ1n) is 7.50. The lowest BCUT2D eigenvalue weighted by Crippen LogP contribution is -2.45. The van der Waals surface area contributed by atoms with E-state index in [1.165, 1.54) is 0 Å². The number of carboxylic acid groups (broad SMARTS) is 1. The summed E-state index contributed by atoms with van der Waals surface area (Å²) >= 11 is 0. The lowest BCUT2D eigenvalue weighted by molar-refractivity contribution is -0.388. The summed E-state index contributed by atoms with van der Waals surface area (Å²) < 4.78 is 37.7. The molecule has 1 aliphatic rings. The van der Waals surface area contributed by atoms with Crippen molar-refractivity contribution in [3.63, 3.8) is 0 Å². The van der Waals surface area contributed by atoms with Crippen molar-refractivity contribution < 1.29 is 32.7 Å². The molecule has 138 valence electrons. The van der Waals surface area contributed by atoms with Gasteiger partial charge in [0, 0.05) is 6.07 Å². The number of sulfonamides is 1. The van der Waals surface area contributed by atoms with Crippen LogP contribution in [0.4, 0.5) is 5.69 Å². The van der Waals surface area contributed by atoms with Crippen molar-refractivity contribution in [2.45, 2.75) is 31.2 Å². The Kier molecular flexibility index (Phi) is 5.48. The quantitative estimate of drug-likeness (QED) is 0.534. The number of nitro benzene ring substituents is 1. The molecule has 2 N–H and O–H groups in total. The Morgan fingerprint density at radius 2 is 1.92 bits per heavy atom. The number of fused-ring (bicyclic) bond motifs is 1. The van der Waals surface area contributed by atoms with Crippen molar-refractivity contribution in [3.8, 4) is 11.5 Å². The average molecular weight is 374 g/mol. The molecule has 0 aromatic heterocycles. The topological polar surface area (TPSA) is 145 Å². The van der Waals surface area contributed by atoms with Crippen LogP contribution in [-0.4, -0.2) is 43.7 Å². The molecule has 11 heteroatoms. The minimum atomic E-state index is -4.48. The van der Waals surface area contributed by atoms with Gasteiger partial charge in [0.2, 0.25) is 10.0 Å². The summed E-state index contributed by atoms with van der Waals surface area (Å²) in [5.74, 6) is -1.76. The van der Waals surface area contributed by atoms with Crippen LogP contribution >= 0.6 is 0 Å². The Morgan fingerprint density at radius 3 is 2.40 bits per heavy atom. The van der Waals surface area contributed by atoms with Crippen molar-refractivity contribution in [3.05, 3.63) is 22.2 Å². The molecule has 0 aliphatic carbocycles. The van der Waals surface area contributed by atoms with E-state index in [4.69, 9.17) is 9.47 Å². The zero-order chi connectivity index (χ0) is 18.8. The number of hydrogen-bond donors (Lipinski definition) is 2. The summed E-state index contributed by atoms with van der Waals surface area (Å²) in [4.78, 5) is 21.1. The minimum absolute atomic E-state index is 0.0487. The highest BCUT2D eigenvalue weighted by atomic mass is 32.2. The molecule has 0 fully saturated rings. The Morgan fingerprint density at radius 1 is 1.36 bits per heavy atom. The maximum atomic E-state index is 12.6. The highest BCUT2D eigenvalue weighted by Crippen LogP contribution is 2.38.